The molecule has 1 unspecified atom stereocenters. The maximum atomic E-state index is 14.7. The summed E-state index contributed by atoms with van der Waals surface area (Å²) in [6.07, 6.45) is 10.5. The Labute approximate surface area is 96.8 Å². The summed E-state index contributed by atoms with van der Waals surface area (Å²) >= 11 is 0. The van der Waals surface area contributed by atoms with Crippen LogP contribution in [0, 0.1) is 6.42 Å². The summed E-state index contributed by atoms with van der Waals surface area (Å²) in [6.45, 7) is 4.22. The van der Waals surface area contributed by atoms with E-state index in [4.69, 9.17) is 4.74 Å². The van der Waals surface area contributed by atoms with Crippen LogP contribution in [0.1, 0.15) is 19.8 Å². The number of rotatable bonds is 3. The minimum Gasteiger partial charge on any atom is -0.381 e. The minimum absolute atomic E-state index is 0.288. The normalized spacial score (nSPS) is 31.2. The molecule has 89 valence electrons. The molecule has 2 rings (SSSR count). The molecule has 0 spiro atoms. The molecule has 0 saturated carbocycles. The maximum Gasteiger partial charge on any atom is 0.190 e. The van der Waals surface area contributed by atoms with Gasteiger partial charge in [-0.25, -0.2) is 4.39 Å². The van der Waals surface area contributed by atoms with Crippen LogP contribution in [0.4, 0.5) is 4.39 Å². The molecule has 1 fully saturated rings. The third kappa shape index (κ3) is 2.36. The van der Waals surface area contributed by atoms with Crippen LogP contribution in [-0.4, -0.2) is 36.5 Å². The van der Waals surface area contributed by atoms with Gasteiger partial charge in [0.25, 0.3) is 0 Å². The molecule has 0 amide bonds. The number of halogens is 1. The summed E-state index contributed by atoms with van der Waals surface area (Å²) in [5, 5.41) is 0. The van der Waals surface area contributed by atoms with Gasteiger partial charge in [-0.3, -0.25) is 4.90 Å². The highest BCUT2D eigenvalue weighted by Crippen LogP contribution is 2.31. The van der Waals surface area contributed by atoms with Gasteiger partial charge in [0.15, 0.2) is 5.79 Å². The number of allylic oxidation sites excluding steroid dienone is 2. The molecule has 0 aromatic rings. The average molecular weight is 224 g/mol. The van der Waals surface area contributed by atoms with Crippen LogP contribution in [0.25, 0.3) is 0 Å². The van der Waals surface area contributed by atoms with Crippen LogP contribution < -0.4 is 0 Å². The van der Waals surface area contributed by atoms with E-state index in [2.05, 4.69) is 0 Å². The molecule has 1 aliphatic heterocycles. The lowest BCUT2D eigenvalue weighted by Gasteiger charge is -2.42. The Morgan fingerprint density at radius 1 is 1.31 bits per heavy atom. The Bertz CT molecular complexity index is 284. The molecule has 1 heterocycles. The number of alkyl halides is 1. The molecule has 1 aliphatic carbocycles. The van der Waals surface area contributed by atoms with Crippen molar-refractivity contribution in [2.75, 3.05) is 19.8 Å². The standard InChI is InChI=1S/C13H19FNO/c1-2-15(12-6-10-16-11-7-12)13(14)8-4-3-5-9-13/h3-5,8-9,12H,2,6-7,10-11H2,1H3. The lowest BCUT2D eigenvalue weighted by Crippen LogP contribution is -2.51. The third-order valence-electron chi connectivity index (χ3n) is 3.29. The first-order valence-corrected chi connectivity index (χ1v) is 6.00. The second-order valence-electron chi connectivity index (χ2n) is 4.27. The van der Waals surface area contributed by atoms with Gasteiger partial charge in [0.2, 0.25) is 0 Å². The lowest BCUT2D eigenvalue weighted by molar-refractivity contribution is -0.0381. The molecule has 0 bridgehead atoms. The van der Waals surface area contributed by atoms with Crippen LogP contribution in [0.15, 0.2) is 24.3 Å². The largest absolute Gasteiger partial charge is 0.381 e. The van der Waals surface area contributed by atoms with Gasteiger partial charge in [0.05, 0.1) is 0 Å². The second kappa shape index (κ2) is 5.11. The van der Waals surface area contributed by atoms with Crippen molar-refractivity contribution in [1.82, 2.24) is 4.90 Å². The summed E-state index contributed by atoms with van der Waals surface area (Å²) in [5.41, 5.74) is 0. The molecular formula is C13H19FNO. The van der Waals surface area contributed by atoms with Gasteiger partial charge in [-0.2, -0.15) is 0 Å². The maximum absolute atomic E-state index is 14.7. The Morgan fingerprint density at radius 2 is 2.06 bits per heavy atom. The number of hydrogen-bond donors (Lipinski definition) is 0. The van der Waals surface area contributed by atoms with Gasteiger partial charge < -0.3 is 4.74 Å². The highest BCUT2D eigenvalue weighted by atomic mass is 19.1. The fourth-order valence-corrected chi connectivity index (χ4v) is 2.47. The molecule has 1 atom stereocenters. The smallest absolute Gasteiger partial charge is 0.190 e. The van der Waals surface area contributed by atoms with Gasteiger partial charge in [0.1, 0.15) is 0 Å². The number of ether oxygens (including phenoxy) is 1. The van der Waals surface area contributed by atoms with E-state index in [1.807, 2.05) is 17.9 Å². The Balaban J connectivity index is 2.08. The van der Waals surface area contributed by atoms with Gasteiger partial charge >= 0.3 is 0 Å². The van der Waals surface area contributed by atoms with Crippen LogP contribution in [0.5, 0.6) is 0 Å². The molecule has 0 aromatic carbocycles. The van der Waals surface area contributed by atoms with Crippen LogP contribution >= 0.6 is 0 Å². The first-order chi connectivity index (χ1) is 7.76. The van der Waals surface area contributed by atoms with E-state index in [1.54, 1.807) is 24.6 Å². The van der Waals surface area contributed by atoms with Gasteiger partial charge in [-0.1, -0.05) is 25.2 Å². The molecule has 1 radical (unpaired) electrons. The zero-order chi connectivity index (χ0) is 11.4. The van der Waals surface area contributed by atoms with Crippen molar-refractivity contribution in [3.8, 4) is 0 Å². The highest BCUT2D eigenvalue weighted by Gasteiger charge is 2.38. The number of nitrogens with zero attached hydrogens (tertiary/aromatic N) is 1. The van der Waals surface area contributed by atoms with Crippen molar-refractivity contribution in [3.05, 3.63) is 30.7 Å². The Hall–Kier alpha value is -0.670. The summed E-state index contributed by atoms with van der Waals surface area (Å²) < 4.78 is 20.0. The van der Waals surface area contributed by atoms with Crippen molar-refractivity contribution >= 4 is 0 Å². The summed E-state index contributed by atoms with van der Waals surface area (Å²) in [4.78, 5) is 1.93. The van der Waals surface area contributed by atoms with E-state index < -0.39 is 5.79 Å². The Morgan fingerprint density at radius 3 is 2.62 bits per heavy atom. The number of hydrogen-bond acceptors (Lipinski definition) is 2. The van der Waals surface area contributed by atoms with Crippen molar-refractivity contribution < 1.29 is 9.13 Å². The SMILES string of the molecule is CCN(C1CCOCC1)C1(F)[CH]C=CC=C1. The molecule has 2 aliphatic rings. The first-order valence-electron chi connectivity index (χ1n) is 6.00. The topological polar surface area (TPSA) is 12.5 Å². The first kappa shape index (κ1) is 11.8. The molecule has 3 heteroatoms. The minimum atomic E-state index is -1.41. The Kier molecular flexibility index (Phi) is 3.77. The van der Waals surface area contributed by atoms with Crippen molar-refractivity contribution in [3.63, 3.8) is 0 Å². The van der Waals surface area contributed by atoms with Gasteiger partial charge in [0, 0.05) is 25.7 Å². The zero-order valence-electron chi connectivity index (χ0n) is 9.73. The van der Waals surface area contributed by atoms with E-state index in [0.717, 1.165) is 32.6 Å². The number of likely N-dealkylation sites (N-methyl/N-ethyl adjacent to an activating group) is 1. The molecule has 1 saturated heterocycles. The quantitative estimate of drug-likeness (QED) is 0.683. The van der Waals surface area contributed by atoms with Gasteiger partial charge in [-0.05, 0) is 25.5 Å². The lowest BCUT2D eigenvalue weighted by atomic mass is 9.98. The van der Waals surface area contributed by atoms with Crippen molar-refractivity contribution in [1.29, 1.82) is 0 Å². The second-order valence-corrected chi connectivity index (χ2v) is 4.27. The third-order valence-corrected chi connectivity index (χ3v) is 3.29. The molecule has 0 aromatic heterocycles. The summed E-state index contributed by atoms with van der Waals surface area (Å²) in [6, 6.07) is 0.288. The van der Waals surface area contributed by atoms with E-state index in [0.29, 0.717) is 0 Å². The molecule has 2 nitrogen and oxygen atoms in total. The summed E-state index contributed by atoms with van der Waals surface area (Å²) in [5.74, 6) is -1.41. The van der Waals surface area contributed by atoms with Crippen LogP contribution in [0.3, 0.4) is 0 Å². The van der Waals surface area contributed by atoms with Gasteiger partial charge in [-0.15, -0.1) is 0 Å². The fourth-order valence-electron chi connectivity index (χ4n) is 2.47. The fraction of sp³-hybridized carbons (Fsp3) is 0.615. The zero-order valence-corrected chi connectivity index (χ0v) is 9.73. The predicted octanol–water partition coefficient (Wildman–Crippen LogP) is 2.48. The summed E-state index contributed by atoms with van der Waals surface area (Å²) in [7, 11) is 0. The van der Waals surface area contributed by atoms with E-state index in [-0.39, 0.29) is 6.04 Å². The molecular weight excluding hydrogens is 205 g/mol. The van der Waals surface area contributed by atoms with Crippen LogP contribution in [-0.2, 0) is 4.74 Å². The van der Waals surface area contributed by atoms with E-state index in [9.17, 15) is 4.39 Å². The van der Waals surface area contributed by atoms with Crippen LogP contribution in [0.2, 0.25) is 0 Å². The monoisotopic (exact) mass is 224 g/mol. The van der Waals surface area contributed by atoms with Crippen molar-refractivity contribution in [2.45, 2.75) is 31.6 Å². The molecule has 16 heavy (non-hydrogen) atoms. The molecule has 0 N–H and O–H groups in total. The highest BCUT2D eigenvalue weighted by molar-refractivity contribution is 5.26. The predicted molar refractivity (Wildman–Crippen MR) is 62.6 cm³/mol. The van der Waals surface area contributed by atoms with E-state index in [1.165, 1.54) is 0 Å². The average Bonchev–Trinajstić information content (AvgIpc) is 2.32. The van der Waals surface area contributed by atoms with E-state index >= 15 is 0 Å². The van der Waals surface area contributed by atoms with Crippen molar-refractivity contribution in [2.24, 2.45) is 0 Å².